The largest absolute Gasteiger partial charge is 0.484 e. The van der Waals surface area contributed by atoms with E-state index in [0.717, 1.165) is 11.3 Å². The zero-order chi connectivity index (χ0) is 20.4. The first-order valence-electron chi connectivity index (χ1n) is 9.16. The highest BCUT2D eigenvalue weighted by atomic mass is 16.6. The van der Waals surface area contributed by atoms with Gasteiger partial charge in [0, 0.05) is 44.0 Å². The fraction of sp³-hybridized carbons (Fsp3) is 0.632. The lowest BCUT2D eigenvalue weighted by molar-refractivity contribution is -0.386. The molecule has 0 saturated carbocycles. The number of piperazine rings is 1. The lowest BCUT2D eigenvalue weighted by Gasteiger charge is -2.37. The van der Waals surface area contributed by atoms with Crippen molar-refractivity contribution in [1.29, 1.82) is 0 Å². The number of amides is 1. The number of nitrogens with zero attached hydrogens (tertiary/aromatic N) is 3. The highest BCUT2D eigenvalue weighted by Gasteiger charge is 2.28. The number of benzene rings is 1. The minimum atomic E-state index is -0.522. The second kappa shape index (κ2) is 8.02. The Hall–Kier alpha value is -2.51. The Bertz CT molecular complexity index is 704. The molecule has 1 aromatic carbocycles. The van der Waals surface area contributed by atoms with Gasteiger partial charge in [0.05, 0.1) is 11.0 Å². The number of carbonyl (C=O) groups is 1. The summed E-state index contributed by atoms with van der Waals surface area (Å²) in [7, 11) is 0. The van der Waals surface area contributed by atoms with E-state index in [-0.39, 0.29) is 23.6 Å². The minimum absolute atomic E-state index is 0.0302. The summed E-state index contributed by atoms with van der Waals surface area (Å²) in [5.41, 5.74) is 1.15. The molecule has 0 bridgehead atoms. The van der Waals surface area contributed by atoms with Gasteiger partial charge in [0.2, 0.25) is 0 Å². The van der Waals surface area contributed by atoms with Crippen molar-refractivity contribution in [3.05, 3.63) is 27.8 Å². The van der Waals surface area contributed by atoms with Crippen LogP contribution in [-0.2, 0) is 4.74 Å². The molecule has 1 heterocycles. The van der Waals surface area contributed by atoms with Gasteiger partial charge in [-0.15, -0.1) is 0 Å². The second-order valence-electron chi connectivity index (χ2n) is 7.98. The monoisotopic (exact) mass is 379 g/mol. The number of rotatable bonds is 4. The predicted octanol–water partition coefficient (Wildman–Crippen LogP) is 3.75. The van der Waals surface area contributed by atoms with Gasteiger partial charge in [0.1, 0.15) is 5.60 Å². The quantitative estimate of drug-likeness (QED) is 0.585. The summed E-state index contributed by atoms with van der Waals surface area (Å²) in [4.78, 5) is 26.9. The van der Waals surface area contributed by atoms with Gasteiger partial charge in [-0.3, -0.25) is 10.1 Å². The Kier molecular flexibility index (Phi) is 6.18. The van der Waals surface area contributed by atoms with E-state index in [1.165, 1.54) is 0 Å². The number of anilines is 1. The van der Waals surface area contributed by atoms with E-state index < -0.39 is 10.5 Å². The summed E-state index contributed by atoms with van der Waals surface area (Å²) in [5, 5.41) is 11.3. The standard InChI is InChI=1S/C19H29N3O5/c1-13(2)26-17-12-15(14(3)11-16(17)22(24)25)20-7-9-21(10-8-20)18(23)27-19(4,5)6/h11-13H,7-10H2,1-6H3. The number of hydrogen-bond donors (Lipinski definition) is 0. The fourth-order valence-corrected chi connectivity index (χ4v) is 2.95. The van der Waals surface area contributed by atoms with E-state index >= 15 is 0 Å². The van der Waals surface area contributed by atoms with E-state index in [1.807, 2.05) is 41.5 Å². The van der Waals surface area contributed by atoms with Crippen molar-refractivity contribution >= 4 is 17.5 Å². The van der Waals surface area contributed by atoms with E-state index in [2.05, 4.69) is 4.90 Å². The third-order valence-corrected chi connectivity index (χ3v) is 4.11. The summed E-state index contributed by atoms with van der Waals surface area (Å²) in [6.45, 7) is 13.4. The van der Waals surface area contributed by atoms with Crippen molar-refractivity contribution < 1.29 is 19.2 Å². The molecule has 1 aliphatic heterocycles. The maximum Gasteiger partial charge on any atom is 0.410 e. The number of nitro groups is 1. The molecule has 1 fully saturated rings. The molecule has 0 aromatic heterocycles. The van der Waals surface area contributed by atoms with Crippen LogP contribution in [0.5, 0.6) is 5.75 Å². The summed E-state index contributed by atoms with van der Waals surface area (Å²) >= 11 is 0. The van der Waals surface area contributed by atoms with Gasteiger partial charge >= 0.3 is 11.8 Å². The normalized spacial score (nSPS) is 15.1. The molecular weight excluding hydrogens is 350 g/mol. The van der Waals surface area contributed by atoms with Gasteiger partial charge in [0.25, 0.3) is 0 Å². The van der Waals surface area contributed by atoms with E-state index in [4.69, 9.17) is 9.47 Å². The van der Waals surface area contributed by atoms with Crippen molar-refractivity contribution in [3.63, 3.8) is 0 Å². The van der Waals surface area contributed by atoms with Gasteiger partial charge in [0.15, 0.2) is 5.75 Å². The van der Waals surface area contributed by atoms with Crippen molar-refractivity contribution in [1.82, 2.24) is 4.90 Å². The molecule has 150 valence electrons. The Labute approximate surface area is 160 Å². The number of nitro benzene ring substituents is 1. The number of ether oxygens (including phenoxy) is 2. The predicted molar refractivity (Wildman–Crippen MR) is 104 cm³/mol. The molecule has 2 rings (SSSR count). The Morgan fingerprint density at radius 2 is 1.78 bits per heavy atom. The molecule has 0 atom stereocenters. The van der Waals surface area contributed by atoms with Crippen LogP contribution in [0.3, 0.4) is 0 Å². The average Bonchev–Trinajstić information content (AvgIpc) is 2.54. The number of aryl methyl sites for hydroxylation is 1. The maximum absolute atomic E-state index is 12.2. The molecule has 0 unspecified atom stereocenters. The Morgan fingerprint density at radius 1 is 1.19 bits per heavy atom. The van der Waals surface area contributed by atoms with Crippen LogP contribution in [0.2, 0.25) is 0 Å². The first-order chi connectivity index (χ1) is 12.5. The second-order valence-corrected chi connectivity index (χ2v) is 7.98. The summed E-state index contributed by atoms with van der Waals surface area (Å²) in [6.07, 6.45) is -0.477. The van der Waals surface area contributed by atoms with Crippen LogP contribution in [0.15, 0.2) is 12.1 Å². The number of carbonyl (C=O) groups excluding carboxylic acids is 1. The van der Waals surface area contributed by atoms with E-state index in [1.54, 1.807) is 17.0 Å². The summed E-state index contributed by atoms with van der Waals surface area (Å²) < 4.78 is 11.1. The first-order valence-corrected chi connectivity index (χ1v) is 9.16. The highest BCUT2D eigenvalue weighted by molar-refractivity contribution is 5.69. The van der Waals surface area contributed by atoms with Crippen LogP contribution in [-0.4, -0.2) is 53.8 Å². The molecule has 0 radical (unpaired) electrons. The van der Waals surface area contributed by atoms with Gasteiger partial charge < -0.3 is 19.3 Å². The van der Waals surface area contributed by atoms with Crippen LogP contribution in [0.4, 0.5) is 16.2 Å². The average molecular weight is 379 g/mol. The molecule has 1 aromatic rings. The first kappa shape index (κ1) is 20.8. The molecule has 0 N–H and O–H groups in total. The van der Waals surface area contributed by atoms with E-state index in [9.17, 15) is 14.9 Å². The Morgan fingerprint density at radius 3 is 2.26 bits per heavy atom. The third kappa shape index (κ3) is 5.48. The molecule has 8 heteroatoms. The lowest BCUT2D eigenvalue weighted by Crippen LogP contribution is -2.50. The molecule has 8 nitrogen and oxygen atoms in total. The third-order valence-electron chi connectivity index (χ3n) is 4.11. The van der Waals surface area contributed by atoms with Gasteiger partial charge in [-0.1, -0.05) is 0 Å². The molecule has 0 aliphatic carbocycles. The van der Waals surface area contributed by atoms with Crippen molar-refractivity contribution in [2.24, 2.45) is 0 Å². The highest BCUT2D eigenvalue weighted by Crippen LogP contribution is 2.36. The number of hydrogen-bond acceptors (Lipinski definition) is 6. The van der Waals surface area contributed by atoms with Gasteiger partial charge in [-0.05, 0) is 47.1 Å². The molecule has 1 aliphatic rings. The molecule has 27 heavy (non-hydrogen) atoms. The molecule has 1 saturated heterocycles. The van der Waals surface area contributed by atoms with E-state index in [0.29, 0.717) is 26.2 Å². The van der Waals surface area contributed by atoms with Crippen molar-refractivity contribution in [2.75, 3.05) is 31.1 Å². The SMILES string of the molecule is Cc1cc([N+](=O)[O-])c(OC(C)C)cc1N1CCN(C(=O)OC(C)(C)C)CC1. The minimum Gasteiger partial charge on any atom is -0.484 e. The van der Waals surface area contributed by atoms with Crippen LogP contribution in [0.25, 0.3) is 0 Å². The fourth-order valence-electron chi connectivity index (χ4n) is 2.95. The Balaban J connectivity index is 2.15. The van der Waals surface area contributed by atoms with Crippen molar-refractivity contribution in [3.8, 4) is 5.75 Å². The van der Waals surface area contributed by atoms with Gasteiger partial charge in [-0.25, -0.2) is 4.79 Å². The van der Waals surface area contributed by atoms with Crippen LogP contribution in [0.1, 0.15) is 40.2 Å². The summed E-state index contributed by atoms with van der Waals surface area (Å²) in [5.74, 6) is 0.269. The zero-order valence-electron chi connectivity index (χ0n) is 16.9. The molecule has 1 amide bonds. The van der Waals surface area contributed by atoms with Crippen LogP contribution < -0.4 is 9.64 Å². The van der Waals surface area contributed by atoms with Crippen LogP contribution >= 0.6 is 0 Å². The zero-order valence-corrected chi connectivity index (χ0v) is 16.9. The maximum atomic E-state index is 12.2. The van der Waals surface area contributed by atoms with Crippen LogP contribution in [0, 0.1) is 17.0 Å². The topological polar surface area (TPSA) is 85.2 Å². The van der Waals surface area contributed by atoms with Crippen molar-refractivity contribution in [2.45, 2.75) is 53.2 Å². The smallest absolute Gasteiger partial charge is 0.410 e. The summed E-state index contributed by atoms with van der Waals surface area (Å²) in [6, 6.07) is 3.28. The van der Waals surface area contributed by atoms with Gasteiger partial charge in [-0.2, -0.15) is 0 Å². The lowest BCUT2D eigenvalue weighted by atomic mass is 10.1. The molecular formula is C19H29N3O5. The molecule has 0 spiro atoms.